The molecule has 1 heterocycles. The first-order valence-electron chi connectivity index (χ1n) is 8.33. The number of rotatable bonds is 9. The van der Waals surface area contributed by atoms with Crippen molar-refractivity contribution >= 4 is 11.9 Å². The fourth-order valence-electron chi connectivity index (χ4n) is 2.78. The van der Waals surface area contributed by atoms with E-state index in [0.29, 0.717) is 13.2 Å². The topological polar surface area (TPSA) is 66.8 Å². The highest BCUT2D eigenvalue weighted by Gasteiger charge is 2.34. The highest BCUT2D eigenvalue weighted by Crippen LogP contribution is 2.25. The molecule has 2 rings (SSSR count). The Bertz CT molecular complexity index is 544. The Labute approximate surface area is 137 Å². The number of aliphatic carboxylic acids is 1. The Morgan fingerprint density at radius 3 is 2.78 bits per heavy atom. The second kappa shape index (κ2) is 8.56. The molecule has 1 atom stereocenters. The van der Waals surface area contributed by atoms with Gasteiger partial charge in [-0.1, -0.05) is 44.4 Å². The second-order valence-electron chi connectivity index (χ2n) is 6.03. The summed E-state index contributed by atoms with van der Waals surface area (Å²) in [4.78, 5) is 24.6. The van der Waals surface area contributed by atoms with Crippen LogP contribution < -0.4 is 4.74 Å². The van der Waals surface area contributed by atoms with Crippen LogP contribution in [0.5, 0.6) is 5.75 Å². The monoisotopic (exact) mass is 319 g/mol. The third kappa shape index (κ3) is 4.98. The molecule has 0 aliphatic carbocycles. The Kier molecular flexibility index (Phi) is 6.44. The Morgan fingerprint density at radius 1 is 1.30 bits per heavy atom. The average Bonchev–Trinajstić information content (AvgIpc) is 2.90. The smallest absolute Gasteiger partial charge is 0.308 e. The summed E-state index contributed by atoms with van der Waals surface area (Å²) in [7, 11) is 0. The zero-order chi connectivity index (χ0) is 16.7. The summed E-state index contributed by atoms with van der Waals surface area (Å²) in [6.07, 6.45) is 4.67. The van der Waals surface area contributed by atoms with Crippen molar-refractivity contribution in [3.05, 3.63) is 29.8 Å². The normalized spacial score (nSPS) is 17.5. The predicted molar refractivity (Wildman–Crippen MR) is 87.2 cm³/mol. The first-order valence-corrected chi connectivity index (χ1v) is 8.33. The van der Waals surface area contributed by atoms with Crippen LogP contribution in [0.2, 0.25) is 0 Å². The number of carboxylic acids is 1. The summed E-state index contributed by atoms with van der Waals surface area (Å²) in [5.74, 6) is -0.809. The molecule has 0 radical (unpaired) electrons. The van der Waals surface area contributed by atoms with Gasteiger partial charge in [0.2, 0.25) is 5.91 Å². The third-order valence-corrected chi connectivity index (χ3v) is 4.15. The molecule has 1 fully saturated rings. The van der Waals surface area contributed by atoms with Crippen molar-refractivity contribution in [1.29, 1.82) is 0 Å². The highest BCUT2D eigenvalue weighted by molar-refractivity contribution is 5.86. The largest absolute Gasteiger partial charge is 0.493 e. The fourth-order valence-corrected chi connectivity index (χ4v) is 2.78. The highest BCUT2D eigenvalue weighted by atomic mass is 16.5. The van der Waals surface area contributed by atoms with Gasteiger partial charge in [0.05, 0.1) is 12.5 Å². The number of likely N-dealkylation sites (tertiary alicyclic amines) is 1. The van der Waals surface area contributed by atoms with Gasteiger partial charge in [0.15, 0.2) is 0 Å². The molecule has 126 valence electrons. The number of ether oxygens (including phenoxy) is 1. The lowest BCUT2D eigenvalue weighted by Gasteiger charge is -2.18. The van der Waals surface area contributed by atoms with Gasteiger partial charge in [-0.25, -0.2) is 0 Å². The maximum Gasteiger partial charge on any atom is 0.308 e. The molecular weight excluding hydrogens is 294 g/mol. The van der Waals surface area contributed by atoms with E-state index >= 15 is 0 Å². The first kappa shape index (κ1) is 17.3. The van der Waals surface area contributed by atoms with Crippen LogP contribution in [0.1, 0.15) is 44.6 Å². The van der Waals surface area contributed by atoms with E-state index in [0.717, 1.165) is 24.2 Å². The Hall–Kier alpha value is -2.04. The molecule has 1 amide bonds. The van der Waals surface area contributed by atoms with E-state index < -0.39 is 11.9 Å². The lowest BCUT2D eigenvalue weighted by atomic mass is 10.1. The molecule has 0 aromatic heterocycles. The van der Waals surface area contributed by atoms with Gasteiger partial charge in [-0.15, -0.1) is 0 Å². The molecule has 0 saturated carbocycles. The van der Waals surface area contributed by atoms with E-state index in [-0.39, 0.29) is 18.9 Å². The number of carbonyl (C=O) groups excluding carboxylic acids is 1. The van der Waals surface area contributed by atoms with Crippen LogP contribution in [0.25, 0.3) is 0 Å². The van der Waals surface area contributed by atoms with Crippen molar-refractivity contribution < 1.29 is 19.4 Å². The molecule has 1 aromatic carbocycles. The molecular formula is C18H25NO4. The molecule has 1 aliphatic heterocycles. The second-order valence-corrected chi connectivity index (χ2v) is 6.03. The van der Waals surface area contributed by atoms with Gasteiger partial charge in [-0.05, 0) is 12.5 Å². The summed E-state index contributed by atoms with van der Waals surface area (Å²) in [6.45, 7) is 3.53. The van der Waals surface area contributed by atoms with Gasteiger partial charge in [0.1, 0.15) is 5.75 Å². The van der Waals surface area contributed by atoms with Crippen LogP contribution in [0.15, 0.2) is 24.3 Å². The van der Waals surface area contributed by atoms with Crippen LogP contribution in [0.3, 0.4) is 0 Å². The summed E-state index contributed by atoms with van der Waals surface area (Å²) >= 11 is 0. The van der Waals surface area contributed by atoms with Crippen LogP contribution in [-0.4, -0.2) is 35.0 Å². The van der Waals surface area contributed by atoms with Gasteiger partial charge in [-0.3, -0.25) is 9.59 Å². The molecule has 5 heteroatoms. The van der Waals surface area contributed by atoms with Gasteiger partial charge in [-0.2, -0.15) is 0 Å². The first-order chi connectivity index (χ1) is 11.1. The van der Waals surface area contributed by atoms with Gasteiger partial charge in [0, 0.05) is 25.1 Å². The molecule has 0 spiro atoms. The van der Waals surface area contributed by atoms with Crippen molar-refractivity contribution in [2.45, 2.75) is 45.6 Å². The van der Waals surface area contributed by atoms with Gasteiger partial charge in [0.25, 0.3) is 0 Å². The molecule has 1 saturated heterocycles. The standard InChI is InChI=1S/C18H25NO4/c1-2-3-4-7-10-23-16-9-6-5-8-14(16)12-19-13-15(18(21)22)11-17(19)20/h5-6,8-9,15H,2-4,7,10-13H2,1H3,(H,21,22). The number of para-hydroxylation sites is 1. The van der Waals surface area contributed by atoms with E-state index in [1.54, 1.807) is 4.90 Å². The van der Waals surface area contributed by atoms with E-state index in [2.05, 4.69) is 6.92 Å². The van der Waals surface area contributed by atoms with Crippen LogP contribution >= 0.6 is 0 Å². The minimum Gasteiger partial charge on any atom is -0.493 e. The van der Waals surface area contributed by atoms with Gasteiger partial charge < -0.3 is 14.7 Å². The molecule has 23 heavy (non-hydrogen) atoms. The van der Waals surface area contributed by atoms with Crippen molar-refractivity contribution in [2.75, 3.05) is 13.2 Å². The van der Waals surface area contributed by atoms with E-state index in [4.69, 9.17) is 9.84 Å². The number of carbonyl (C=O) groups is 2. The number of benzene rings is 1. The minimum atomic E-state index is -0.902. The third-order valence-electron chi connectivity index (χ3n) is 4.15. The lowest BCUT2D eigenvalue weighted by Crippen LogP contribution is -2.26. The minimum absolute atomic E-state index is 0.0926. The van der Waals surface area contributed by atoms with Crippen LogP contribution in [0.4, 0.5) is 0 Å². The number of carboxylic acid groups (broad SMARTS) is 1. The lowest BCUT2D eigenvalue weighted by molar-refractivity contribution is -0.141. The molecule has 1 aliphatic rings. The molecule has 1 aromatic rings. The van der Waals surface area contributed by atoms with E-state index in [9.17, 15) is 9.59 Å². The molecule has 0 bridgehead atoms. The number of hydrogen-bond acceptors (Lipinski definition) is 3. The molecule has 1 N–H and O–H groups in total. The van der Waals surface area contributed by atoms with Crippen LogP contribution in [-0.2, 0) is 16.1 Å². The quantitative estimate of drug-likeness (QED) is 0.710. The SMILES string of the molecule is CCCCCCOc1ccccc1CN1CC(C(=O)O)CC1=O. The summed E-state index contributed by atoms with van der Waals surface area (Å²) in [5, 5.41) is 9.05. The number of amides is 1. The Balaban J connectivity index is 1.92. The Morgan fingerprint density at radius 2 is 2.09 bits per heavy atom. The number of unbranched alkanes of at least 4 members (excludes halogenated alkanes) is 3. The summed E-state index contributed by atoms with van der Waals surface area (Å²) in [6, 6.07) is 7.67. The summed E-state index contributed by atoms with van der Waals surface area (Å²) in [5.41, 5.74) is 0.933. The zero-order valence-corrected chi connectivity index (χ0v) is 13.7. The maximum absolute atomic E-state index is 12.0. The van der Waals surface area contributed by atoms with E-state index in [1.807, 2.05) is 24.3 Å². The number of hydrogen-bond donors (Lipinski definition) is 1. The fraction of sp³-hybridized carbons (Fsp3) is 0.556. The van der Waals surface area contributed by atoms with Crippen molar-refractivity contribution in [2.24, 2.45) is 5.92 Å². The average molecular weight is 319 g/mol. The summed E-state index contributed by atoms with van der Waals surface area (Å²) < 4.78 is 5.85. The van der Waals surface area contributed by atoms with Crippen molar-refractivity contribution in [3.8, 4) is 5.75 Å². The van der Waals surface area contributed by atoms with Crippen LogP contribution in [0, 0.1) is 5.92 Å². The van der Waals surface area contributed by atoms with Crippen molar-refractivity contribution in [3.63, 3.8) is 0 Å². The van der Waals surface area contributed by atoms with E-state index in [1.165, 1.54) is 12.8 Å². The maximum atomic E-state index is 12.0. The number of nitrogens with zero attached hydrogens (tertiary/aromatic N) is 1. The predicted octanol–water partition coefficient (Wildman–Crippen LogP) is 3.08. The van der Waals surface area contributed by atoms with Crippen molar-refractivity contribution in [1.82, 2.24) is 4.90 Å². The molecule has 5 nitrogen and oxygen atoms in total. The zero-order valence-electron chi connectivity index (χ0n) is 13.7. The molecule has 1 unspecified atom stereocenters. The van der Waals surface area contributed by atoms with Gasteiger partial charge >= 0.3 is 5.97 Å².